The number of benzene rings is 4. The summed E-state index contributed by atoms with van der Waals surface area (Å²) < 4.78 is 4.44. The summed E-state index contributed by atoms with van der Waals surface area (Å²) in [5, 5.41) is 0. The van der Waals surface area contributed by atoms with Crippen LogP contribution in [0.15, 0.2) is 121 Å². The predicted octanol–water partition coefficient (Wildman–Crippen LogP) is 4.72. The standard InChI is InChI=1S/C27H23GeNOS2/c1-22(30)29(26-20-12-5-13-21-26)27(31)32-28(23-14-6-2-7-15-23,24-16-8-3-9-17-24)25-18-10-4-11-19-25/h2-21H,1H3. The van der Waals surface area contributed by atoms with Crippen LogP contribution in [0.25, 0.3) is 0 Å². The first-order chi connectivity index (χ1) is 15.6. The van der Waals surface area contributed by atoms with Crippen LogP contribution in [-0.2, 0) is 4.79 Å². The number of carbonyl (C=O) groups is 1. The molecule has 2 nitrogen and oxygen atoms in total. The summed E-state index contributed by atoms with van der Waals surface area (Å²) in [7, 11) is 1.71. The molecule has 1 amide bonds. The van der Waals surface area contributed by atoms with Crippen molar-refractivity contribution in [1.29, 1.82) is 0 Å². The van der Waals surface area contributed by atoms with Crippen LogP contribution < -0.4 is 18.1 Å². The fourth-order valence-corrected chi connectivity index (χ4v) is 19.8. The third kappa shape index (κ3) is 4.58. The predicted molar refractivity (Wildman–Crippen MR) is 144 cm³/mol. The molecule has 158 valence electrons. The molecule has 0 unspecified atom stereocenters. The Morgan fingerprint density at radius 3 is 1.34 bits per heavy atom. The number of nitrogens with zero attached hydrogens (tertiary/aromatic N) is 1. The molecule has 0 aromatic heterocycles. The van der Waals surface area contributed by atoms with E-state index in [9.17, 15) is 4.79 Å². The van der Waals surface area contributed by atoms with Gasteiger partial charge in [-0.15, -0.1) is 0 Å². The second-order valence-electron chi connectivity index (χ2n) is 7.34. The molecule has 4 aromatic carbocycles. The minimum atomic E-state index is -3.36. The van der Waals surface area contributed by atoms with Crippen LogP contribution in [0.1, 0.15) is 6.92 Å². The number of hydrogen-bond acceptors (Lipinski definition) is 3. The van der Waals surface area contributed by atoms with Crippen molar-refractivity contribution >= 4 is 63.5 Å². The maximum absolute atomic E-state index is 12.7. The zero-order valence-corrected chi connectivity index (χ0v) is 21.5. The summed E-state index contributed by atoms with van der Waals surface area (Å²) in [6, 6.07) is 41.5. The van der Waals surface area contributed by atoms with Crippen LogP contribution in [0, 0.1) is 0 Å². The van der Waals surface area contributed by atoms with Gasteiger partial charge in [0.2, 0.25) is 0 Å². The van der Waals surface area contributed by atoms with Crippen molar-refractivity contribution in [3.05, 3.63) is 121 Å². The van der Waals surface area contributed by atoms with Crippen molar-refractivity contribution in [2.75, 3.05) is 4.90 Å². The molecular formula is C27H23GeNOS2. The van der Waals surface area contributed by atoms with Gasteiger partial charge in [-0.3, -0.25) is 0 Å². The van der Waals surface area contributed by atoms with Gasteiger partial charge < -0.3 is 0 Å². The number of amides is 1. The van der Waals surface area contributed by atoms with Gasteiger partial charge in [-0.2, -0.15) is 0 Å². The van der Waals surface area contributed by atoms with Gasteiger partial charge in [0.25, 0.3) is 0 Å². The van der Waals surface area contributed by atoms with Crippen LogP contribution in [0.2, 0.25) is 0 Å². The average molecular weight is 514 g/mol. The molecule has 0 bridgehead atoms. The third-order valence-corrected chi connectivity index (χ3v) is 21.4. The molecule has 0 N–H and O–H groups in total. The van der Waals surface area contributed by atoms with E-state index in [4.69, 9.17) is 12.2 Å². The molecule has 0 heterocycles. The Bertz CT molecular complexity index is 1090. The fraction of sp³-hybridized carbons (Fsp3) is 0.0370. The van der Waals surface area contributed by atoms with Crippen LogP contribution in [0.5, 0.6) is 0 Å². The Labute approximate surface area is 200 Å². The Kier molecular flexibility index (Phi) is 7.25. The first-order valence-corrected chi connectivity index (χ1v) is 17.3. The van der Waals surface area contributed by atoms with E-state index in [0.29, 0.717) is 4.32 Å². The van der Waals surface area contributed by atoms with E-state index in [1.165, 1.54) is 13.2 Å². The Morgan fingerprint density at radius 1 is 0.656 bits per heavy atom. The number of thiocarbonyl (C=S) groups is 1. The number of hydrogen-bond donors (Lipinski definition) is 0. The fourth-order valence-electron chi connectivity index (χ4n) is 3.86. The van der Waals surface area contributed by atoms with Gasteiger partial charge in [0, 0.05) is 0 Å². The van der Waals surface area contributed by atoms with Gasteiger partial charge in [0.1, 0.15) is 0 Å². The van der Waals surface area contributed by atoms with E-state index in [1.807, 2.05) is 48.5 Å². The van der Waals surface area contributed by atoms with Gasteiger partial charge >= 0.3 is 201 Å². The van der Waals surface area contributed by atoms with Gasteiger partial charge in [-0.1, -0.05) is 0 Å². The molecule has 0 aliphatic rings. The summed E-state index contributed by atoms with van der Waals surface area (Å²) in [6.45, 7) is 1.57. The second kappa shape index (κ2) is 10.3. The van der Waals surface area contributed by atoms with Crippen LogP contribution in [0.4, 0.5) is 5.69 Å². The third-order valence-electron chi connectivity index (χ3n) is 5.29. The number of rotatable bonds is 5. The van der Waals surface area contributed by atoms with E-state index < -0.39 is 12.1 Å². The molecule has 5 heteroatoms. The van der Waals surface area contributed by atoms with Crippen molar-refractivity contribution in [3.63, 3.8) is 0 Å². The molecule has 32 heavy (non-hydrogen) atoms. The molecule has 0 fully saturated rings. The van der Waals surface area contributed by atoms with E-state index in [1.54, 1.807) is 21.9 Å². The minimum absolute atomic E-state index is 0.0841. The maximum atomic E-state index is 12.7. The van der Waals surface area contributed by atoms with E-state index in [0.717, 1.165) is 5.69 Å². The summed E-state index contributed by atoms with van der Waals surface area (Å²) in [4.78, 5) is 14.4. The molecule has 0 aliphatic heterocycles. The number of anilines is 1. The van der Waals surface area contributed by atoms with Gasteiger partial charge in [-0.25, -0.2) is 0 Å². The van der Waals surface area contributed by atoms with Crippen molar-refractivity contribution in [3.8, 4) is 0 Å². The van der Waals surface area contributed by atoms with E-state index >= 15 is 0 Å². The van der Waals surface area contributed by atoms with Crippen molar-refractivity contribution in [2.24, 2.45) is 0 Å². The first-order valence-electron chi connectivity index (χ1n) is 10.4. The summed E-state index contributed by atoms with van der Waals surface area (Å²) in [6.07, 6.45) is 0. The van der Waals surface area contributed by atoms with Crippen LogP contribution in [0.3, 0.4) is 0 Å². The molecule has 0 spiro atoms. The van der Waals surface area contributed by atoms with Crippen LogP contribution >= 0.6 is 22.3 Å². The second-order valence-corrected chi connectivity index (χ2v) is 19.5. The van der Waals surface area contributed by atoms with Gasteiger partial charge in [-0.05, 0) is 0 Å². The summed E-state index contributed by atoms with van der Waals surface area (Å²) >= 11 is 2.64. The average Bonchev–Trinajstić information content (AvgIpc) is 2.85. The molecule has 0 radical (unpaired) electrons. The summed E-state index contributed by atoms with van der Waals surface area (Å²) in [5.41, 5.74) is 0.794. The normalized spacial score (nSPS) is 11.0. The SMILES string of the molecule is CC(=O)N(C(=S)[S][Ge]([c]1ccccc1)([c]1ccccc1)[c]1ccccc1)c1ccccc1. The number of para-hydroxylation sites is 1. The van der Waals surface area contributed by atoms with Crippen molar-refractivity contribution in [1.82, 2.24) is 0 Å². The molecular weight excluding hydrogens is 491 g/mol. The summed E-state index contributed by atoms with van der Waals surface area (Å²) in [5.74, 6) is -0.0841. The topological polar surface area (TPSA) is 20.3 Å². The Balaban J connectivity index is 1.92. The molecule has 4 aromatic rings. The zero-order chi connectivity index (χ0) is 22.4. The zero-order valence-electron chi connectivity index (χ0n) is 17.7. The van der Waals surface area contributed by atoms with Gasteiger partial charge in [0.15, 0.2) is 0 Å². The van der Waals surface area contributed by atoms with Gasteiger partial charge in [0.05, 0.1) is 0 Å². The molecule has 0 saturated carbocycles. The molecule has 0 atom stereocenters. The van der Waals surface area contributed by atoms with E-state index in [2.05, 4.69) is 72.8 Å². The van der Waals surface area contributed by atoms with Crippen molar-refractivity contribution in [2.45, 2.75) is 6.92 Å². The Hall–Kier alpha value is -2.67. The molecule has 4 rings (SSSR count). The first kappa shape index (κ1) is 22.5. The van der Waals surface area contributed by atoms with E-state index in [-0.39, 0.29) is 5.91 Å². The number of carbonyl (C=O) groups excluding carboxylic acids is 1. The van der Waals surface area contributed by atoms with Crippen molar-refractivity contribution < 1.29 is 4.79 Å². The van der Waals surface area contributed by atoms with Crippen LogP contribution in [-0.4, -0.2) is 22.4 Å². The Morgan fingerprint density at radius 2 is 1.00 bits per heavy atom. The quantitative estimate of drug-likeness (QED) is 0.284. The molecule has 0 saturated heterocycles. The molecule has 0 aliphatic carbocycles. The monoisotopic (exact) mass is 515 g/mol.